The van der Waals surface area contributed by atoms with Gasteiger partial charge in [-0.2, -0.15) is 0 Å². The van der Waals surface area contributed by atoms with Gasteiger partial charge in [-0.3, -0.25) is 0 Å². The van der Waals surface area contributed by atoms with Crippen molar-refractivity contribution < 1.29 is 5.11 Å². The second-order valence-corrected chi connectivity index (χ2v) is 6.86. The number of hydrogen-bond donors (Lipinski definition) is 2. The Kier molecular flexibility index (Phi) is 4.45. The molecule has 0 spiro atoms. The molecule has 0 amide bonds. The van der Waals surface area contributed by atoms with Gasteiger partial charge in [0.15, 0.2) is 0 Å². The lowest BCUT2D eigenvalue weighted by atomic mass is 9.86. The van der Waals surface area contributed by atoms with Crippen LogP contribution in [0, 0.1) is 5.41 Å². The molecule has 1 aromatic heterocycles. The third kappa shape index (κ3) is 3.22. The largest absolute Gasteiger partial charge is 0.396 e. The first-order valence-electron chi connectivity index (χ1n) is 8.25. The molecule has 4 nitrogen and oxygen atoms in total. The standard InChI is InChI=1S/C17H27N3O/c1-17(13-21)8-4-5-15(17)18-11-14-6-7-16(19-12-14)20-9-2-3-10-20/h6-7,12,15,18,21H,2-5,8-11,13H2,1H3. The maximum absolute atomic E-state index is 9.59. The molecular formula is C17H27N3O. The molecule has 4 heteroatoms. The second kappa shape index (κ2) is 6.32. The van der Waals surface area contributed by atoms with Gasteiger partial charge in [0.2, 0.25) is 0 Å². The van der Waals surface area contributed by atoms with Crippen LogP contribution in [0.4, 0.5) is 5.82 Å². The lowest BCUT2D eigenvalue weighted by molar-refractivity contribution is 0.118. The molecule has 116 valence electrons. The van der Waals surface area contributed by atoms with Crippen LogP contribution in [0.5, 0.6) is 0 Å². The maximum Gasteiger partial charge on any atom is 0.128 e. The minimum Gasteiger partial charge on any atom is -0.396 e. The number of rotatable bonds is 5. The summed E-state index contributed by atoms with van der Waals surface area (Å²) in [5, 5.41) is 13.2. The van der Waals surface area contributed by atoms with E-state index in [2.05, 4.69) is 34.3 Å². The summed E-state index contributed by atoms with van der Waals surface area (Å²) < 4.78 is 0. The molecule has 1 saturated heterocycles. The molecule has 2 aliphatic rings. The Morgan fingerprint density at radius 1 is 1.33 bits per heavy atom. The van der Waals surface area contributed by atoms with Crippen LogP contribution in [0.25, 0.3) is 0 Å². The van der Waals surface area contributed by atoms with E-state index in [1.165, 1.54) is 24.8 Å². The minimum absolute atomic E-state index is 0.0446. The molecule has 2 heterocycles. The Balaban J connectivity index is 1.56. The molecule has 0 bridgehead atoms. The van der Waals surface area contributed by atoms with E-state index in [1.807, 2.05) is 6.20 Å². The highest BCUT2D eigenvalue weighted by molar-refractivity contribution is 5.40. The summed E-state index contributed by atoms with van der Waals surface area (Å²) in [6.45, 7) is 5.58. The summed E-state index contributed by atoms with van der Waals surface area (Å²) >= 11 is 0. The normalized spacial score (nSPS) is 29.2. The number of aliphatic hydroxyl groups is 1. The Hall–Kier alpha value is -1.13. The lowest BCUT2D eigenvalue weighted by Crippen LogP contribution is -2.41. The minimum atomic E-state index is 0.0446. The van der Waals surface area contributed by atoms with Crippen LogP contribution in [0.15, 0.2) is 18.3 Å². The molecule has 2 unspecified atom stereocenters. The van der Waals surface area contributed by atoms with Gasteiger partial charge >= 0.3 is 0 Å². The molecule has 1 saturated carbocycles. The molecule has 2 fully saturated rings. The van der Waals surface area contributed by atoms with E-state index >= 15 is 0 Å². The highest BCUT2D eigenvalue weighted by atomic mass is 16.3. The topological polar surface area (TPSA) is 48.4 Å². The molecular weight excluding hydrogens is 262 g/mol. The third-order valence-corrected chi connectivity index (χ3v) is 5.23. The average Bonchev–Trinajstić information content (AvgIpc) is 3.16. The monoisotopic (exact) mass is 289 g/mol. The van der Waals surface area contributed by atoms with Gasteiger partial charge in [0.25, 0.3) is 0 Å². The number of hydrogen-bond acceptors (Lipinski definition) is 4. The Labute approximate surface area is 127 Å². The number of pyridine rings is 1. The Morgan fingerprint density at radius 2 is 2.14 bits per heavy atom. The molecule has 0 radical (unpaired) electrons. The first-order valence-corrected chi connectivity index (χ1v) is 8.25. The van der Waals surface area contributed by atoms with Gasteiger partial charge in [0, 0.05) is 43.9 Å². The van der Waals surface area contributed by atoms with Gasteiger partial charge in [-0.05, 0) is 37.3 Å². The van der Waals surface area contributed by atoms with Gasteiger partial charge in [-0.25, -0.2) is 4.98 Å². The molecule has 2 atom stereocenters. The van der Waals surface area contributed by atoms with E-state index in [4.69, 9.17) is 0 Å². The van der Waals surface area contributed by atoms with E-state index in [0.29, 0.717) is 6.04 Å². The van der Waals surface area contributed by atoms with Crippen molar-refractivity contribution in [3.05, 3.63) is 23.9 Å². The maximum atomic E-state index is 9.59. The van der Waals surface area contributed by atoms with Crippen molar-refractivity contribution in [1.29, 1.82) is 0 Å². The Morgan fingerprint density at radius 3 is 2.81 bits per heavy atom. The lowest BCUT2D eigenvalue weighted by Gasteiger charge is -2.30. The number of nitrogens with one attached hydrogen (secondary N) is 1. The fourth-order valence-electron chi connectivity index (χ4n) is 3.67. The molecule has 1 aromatic rings. The van der Waals surface area contributed by atoms with Crippen LogP contribution < -0.4 is 10.2 Å². The predicted octanol–water partition coefficient (Wildman–Crippen LogP) is 2.32. The van der Waals surface area contributed by atoms with Crippen LogP contribution in [0.3, 0.4) is 0 Å². The number of aromatic nitrogens is 1. The molecule has 21 heavy (non-hydrogen) atoms. The van der Waals surface area contributed by atoms with Gasteiger partial charge < -0.3 is 15.3 Å². The first-order chi connectivity index (χ1) is 10.2. The Bertz CT molecular complexity index is 456. The van der Waals surface area contributed by atoms with Crippen molar-refractivity contribution in [3.63, 3.8) is 0 Å². The summed E-state index contributed by atoms with van der Waals surface area (Å²) in [6, 6.07) is 4.74. The van der Waals surface area contributed by atoms with Gasteiger partial charge in [-0.15, -0.1) is 0 Å². The summed E-state index contributed by atoms with van der Waals surface area (Å²) in [4.78, 5) is 6.96. The smallest absolute Gasteiger partial charge is 0.128 e. The van der Waals surface area contributed by atoms with Crippen molar-refractivity contribution in [2.24, 2.45) is 5.41 Å². The zero-order valence-electron chi connectivity index (χ0n) is 13.0. The van der Waals surface area contributed by atoms with Crippen molar-refractivity contribution in [2.45, 2.75) is 51.6 Å². The van der Waals surface area contributed by atoms with E-state index in [1.54, 1.807) is 0 Å². The number of nitrogens with zero attached hydrogens (tertiary/aromatic N) is 2. The molecule has 1 aliphatic heterocycles. The SMILES string of the molecule is CC1(CO)CCCC1NCc1ccc(N2CCCC2)nc1. The van der Waals surface area contributed by atoms with Crippen molar-refractivity contribution in [1.82, 2.24) is 10.3 Å². The number of aliphatic hydroxyl groups excluding tert-OH is 1. The van der Waals surface area contributed by atoms with E-state index in [-0.39, 0.29) is 12.0 Å². The van der Waals surface area contributed by atoms with Crippen LogP contribution in [0.2, 0.25) is 0 Å². The van der Waals surface area contributed by atoms with Crippen molar-refractivity contribution >= 4 is 5.82 Å². The molecule has 1 aliphatic carbocycles. The fourth-order valence-corrected chi connectivity index (χ4v) is 3.67. The number of anilines is 1. The fraction of sp³-hybridized carbons (Fsp3) is 0.706. The van der Waals surface area contributed by atoms with Crippen LogP contribution in [0.1, 0.15) is 44.6 Å². The first kappa shape index (κ1) is 14.8. The summed E-state index contributed by atoms with van der Waals surface area (Å²) in [5.41, 5.74) is 1.27. The van der Waals surface area contributed by atoms with Crippen molar-refractivity contribution in [2.75, 3.05) is 24.6 Å². The summed E-state index contributed by atoms with van der Waals surface area (Å²) in [6.07, 6.45) is 8.05. The summed E-state index contributed by atoms with van der Waals surface area (Å²) in [7, 11) is 0. The highest BCUT2D eigenvalue weighted by Gasteiger charge is 2.37. The zero-order valence-corrected chi connectivity index (χ0v) is 13.0. The van der Waals surface area contributed by atoms with E-state index in [9.17, 15) is 5.11 Å². The highest BCUT2D eigenvalue weighted by Crippen LogP contribution is 2.37. The van der Waals surface area contributed by atoms with Crippen LogP contribution in [-0.2, 0) is 6.54 Å². The van der Waals surface area contributed by atoms with Crippen LogP contribution in [-0.4, -0.2) is 35.8 Å². The molecule has 0 aromatic carbocycles. The third-order valence-electron chi connectivity index (χ3n) is 5.23. The van der Waals surface area contributed by atoms with E-state index < -0.39 is 0 Å². The predicted molar refractivity (Wildman–Crippen MR) is 85.4 cm³/mol. The van der Waals surface area contributed by atoms with E-state index in [0.717, 1.165) is 38.3 Å². The average molecular weight is 289 g/mol. The molecule has 3 rings (SSSR count). The zero-order chi connectivity index (χ0) is 14.7. The van der Waals surface area contributed by atoms with Crippen molar-refractivity contribution in [3.8, 4) is 0 Å². The molecule has 2 N–H and O–H groups in total. The quantitative estimate of drug-likeness (QED) is 0.873. The summed E-state index contributed by atoms with van der Waals surface area (Å²) in [5.74, 6) is 1.11. The van der Waals surface area contributed by atoms with Gasteiger partial charge in [0.05, 0.1) is 0 Å². The second-order valence-electron chi connectivity index (χ2n) is 6.86. The van der Waals surface area contributed by atoms with Gasteiger partial charge in [-0.1, -0.05) is 19.4 Å². The van der Waals surface area contributed by atoms with Crippen LogP contribution >= 0.6 is 0 Å². The van der Waals surface area contributed by atoms with Gasteiger partial charge in [0.1, 0.15) is 5.82 Å².